The van der Waals surface area contributed by atoms with Crippen LogP contribution in [0.2, 0.25) is 0 Å². The summed E-state index contributed by atoms with van der Waals surface area (Å²) in [5.74, 6) is 0. The first-order valence-corrected chi connectivity index (χ1v) is 4.49. The Hall–Kier alpha value is -1.51. The van der Waals surface area contributed by atoms with Crippen molar-refractivity contribution in [3.63, 3.8) is 0 Å². The lowest BCUT2D eigenvalue weighted by Crippen LogP contribution is -1.97. The molecule has 0 radical (unpaired) electrons. The van der Waals surface area contributed by atoms with Crippen LogP contribution in [0.3, 0.4) is 0 Å². The molecule has 3 nitrogen and oxygen atoms in total. The number of fused-ring (bicyclic) bond motifs is 1. The van der Waals surface area contributed by atoms with Gasteiger partial charge in [0.05, 0.1) is 11.4 Å². The van der Waals surface area contributed by atoms with Crippen LogP contribution in [0.1, 0.15) is 12.6 Å². The molecular formula is C10H13N3. The summed E-state index contributed by atoms with van der Waals surface area (Å²) in [6, 6.07) is 4.07. The second-order valence-corrected chi connectivity index (χ2v) is 3.10. The van der Waals surface area contributed by atoms with Crippen molar-refractivity contribution >= 4 is 11.3 Å². The number of rotatable bonds is 2. The molecule has 3 heteroatoms. The van der Waals surface area contributed by atoms with E-state index in [2.05, 4.69) is 23.4 Å². The Labute approximate surface area is 77.4 Å². The van der Waals surface area contributed by atoms with Crippen molar-refractivity contribution in [2.75, 3.05) is 11.9 Å². The predicted octanol–water partition coefficient (Wildman–Crippen LogP) is 2.07. The quantitative estimate of drug-likeness (QED) is 0.757. The van der Waals surface area contributed by atoms with E-state index in [0.29, 0.717) is 0 Å². The zero-order valence-electron chi connectivity index (χ0n) is 7.91. The summed E-state index contributed by atoms with van der Waals surface area (Å²) in [6.07, 6.45) is 4.08. The molecule has 1 N–H and O–H groups in total. The smallest absolute Gasteiger partial charge is 0.137 e. The normalized spacial score (nSPS) is 10.6. The second-order valence-electron chi connectivity index (χ2n) is 3.10. The van der Waals surface area contributed by atoms with Crippen LogP contribution >= 0.6 is 0 Å². The van der Waals surface area contributed by atoms with E-state index in [4.69, 9.17) is 0 Å². The lowest BCUT2D eigenvalue weighted by Gasteiger charge is -2.02. The van der Waals surface area contributed by atoms with Crippen molar-refractivity contribution in [1.82, 2.24) is 9.38 Å². The van der Waals surface area contributed by atoms with E-state index in [9.17, 15) is 0 Å². The molecule has 0 aliphatic rings. The van der Waals surface area contributed by atoms with Gasteiger partial charge in [0.2, 0.25) is 0 Å². The van der Waals surface area contributed by atoms with Crippen molar-refractivity contribution < 1.29 is 0 Å². The number of aromatic nitrogens is 2. The molecule has 2 heterocycles. The average Bonchev–Trinajstić information content (AvgIpc) is 2.44. The van der Waals surface area contributed by atoms with Crippen LogP contribution in [-0.4, -0.2) is 15.9 Å². The van der Waals surface area contributed by atoms with E-state index in [1.54, 1.807) is 0 Å². The Bertz CT molecular complexity index is 417. The Kier molecular flexibility index (Phi) is 1.93. The van der Waals surface area contributed by atoms with E-state index in [1.165, 1.54) is 0 Å². The first-order valence-electron chi connectivity index (χ1n) is 4.49. The third kappa shape index (κ3) is 1.49. The van der Waals surface area contributed by atoms with Crippen LogP contribution in [0.4, 0.5) is 5.69 Å². The molecule has 0 saturated carbocycles. The predicted molar refractivity (Wildman–Crippen MR) is 54.1 cm³/mol. The van der Waals surface area contributed by atoms with E-state index in [1.807, 2.05) is 29.7 Å². The zero-order chi connectivity index (χ0) is 9.26. The lowest BCUT2D eigenvalue weighted by atomic mass is 10.4. The van der Waals surface area contributed by atoms with Crippen molar-refractivity contribution in [3.8, 4) is 0 Å². The van der Waals surface area contributed by atoms with Crippen molar-refractivity contribution in [2.45, 2.75) is 13.8 Å². The second kappa shape index (κ2) is 3.09. The summed E-state index contributed by atoms with van der Waals surface area (Å²) in [4.78, 5) is 4.35. The van der Waals surface area contributed by atoms with Gasteiger partial charge in [-0.3, -0.25) is 0 Å². The van der Waals surface area contributed by atoms with Crippen LogP contribution in [0.15, 0.2) is 24.5 Å². The van der Waals surface area contributed by atoms with Crippen LogP contribution in [0.5, 0.6) is 0 Å². The molecule has 0 fully saturated rings. The fourth-order valence-corrected chi connectivity index (χ4v) is 1.43. The van der Waals surface area contributed by atoms with Crippen molar-refractivity contribution in [2.24, 2.45) is 0 Å². The molecule has 0 aliphatic heterocycles. The van der Waals surface area contributed by atoms with Gasteiger partial charge >= 0.3 is 0 Å². The average molecular weight is 175 g/mol. The Morgan fingerprint density at radius 1 is 1.38 bits per heavy atom. The highest BCUT2D eigenvalue weighted by atomic mass is 15.0. The summed E-state index contributed by atoms with van der Waals surface area (Å²) in [5, 5.41) is 3.26. The maximum Gasteiger partial charge on any atom is 0.137 e. The molecule has 2 aromatic rings. The molecule has 0 amide bonds. The molecule has 0 spiro atoms. The standard InChI is InChI=1S/C10H13N3/c1-3-11-9-4-5-10-12-8(2)6-13(10)7-9/h4-7,11H,3H2,1-2H3. The van der Waals surface area contributed by atoms with Gasteiger partial charge in [-0.25, -0.2) is 4.98 Å². The molecule has 0 atom stereocenters. The SMILES string of the molecule is CCNc1ccc2nc(C)cn2c1. The zero-order valence-corrected chi connectivity index (χ0v) is 7.91. The van der Waals surface area contributed by atoms with Crippen LogP contribution in [-0.2, 0) is 0 Å². The summed E-state index contributed by atoms with van der Waals surface area (Å²) >= 11 is 0. The molecule has 0 bridgehead atoms. The Morgan fingerprint density at radius 3 is 3.00 bits per heavy atom. The molecule has 0 aromatic carbocycles. The highest BCUT2D eigenvalue weighted by Crippen LogP contribution is 2.10. The Morgan fingerprint density at radius 2 is 2.23 bits per heavy atom. The molecular weight excluding hydrogens is 162 g/mol. The molecule has 68 valence electrons. The van der Waals surface area contributed by atoms with Gasteiger partial charge in [-0.1, -0.05) is 0 Å². The van der Waals surface area contributed by atoms with Gasteiger partial charge in [-0.05, 0) is 26.0 Å². The first-order chi connectivity index (χ1) is 6.29. The highest BCUT2D eigenvalue weighted by Gasteiger charge is 1.97. The third-order valence-corrected chi connectivity index (χ3v) is 1.95. The first kappa shape index (κ1) is 8.10. The highest BCUT2D eigenvalue weighted by molar-refractivity contribution is 5.50. The van der Waals surface area contributed by atoms with Gasteiger partial charge < -0.3 is 9.72 Å². The molecule has 0 aliphatic carbocycles. The molecule has 2 aromatic heterocycles. The van der Waals surface area contributed by atoms with E-state index < -0.39 is 0 Å². The summed E-state index contributed by atoms with van der Waals surface area (Å²) < 4.78 is 2.04. The minimum absolute atomic E-state index is 0.944. The summed E-state index contributed by atoms with van der Waals surface area (Å²) in [5.41, 5.74) is 3.18. The minimum atomic E-state index is 0.944. The minimum Gasteiger partial charge on any atom is -0.384 e. The molecule has 0 unspecified atom stereocenters. The van der Waals surface area contributed by atoms with Gasteiger partial charge in [0, 0.05) is 18.9 Å². The Balaban J connectivity index is 2.48. The fraction of sp³-hybridized carbons (Fsp3) is 0.300. The third-order valence-electron chi connectivity index (χ3n) is 1.95. The van der Waals surface area contributed by atoms with Gasteiger partial charge in [-0.15, -0.1) is 0 Å². The van der Waals surface area contributed by atoms with E-state index >= 15 is 0 Å². The van der Waals surface area contributed by atoms with Crippen LogP contribution in [0.25, 0.3) is 5.65 Å². The number of nitrogens with zero attached hydrogens (tertiary/aromatic N) is 2. The van der Waals surface area contributed by atoms with Crippen molar-refractivity contribution in [3.05, 3.63) is 30.2 Å². The summed E-state index contributed by atoms with van der Waals surface area (Å²) in [6.45, 7) is 5.03. The van der Waals surface area contributed by atoms with Gasteiger partial charge in [-0.2, -0.15) is 0 Å². The number of pyridine rings is 1. The van der Waals surface area contributed by atoms with Gasteiger partial charge in [0.1, 0.15) is 5.65 Å². The topological polar surface area (TPSA) is 29.3 Å². The number of hydrogen-bond acceptors (Lipinski definition) is 2. The largest absolute Gasteiger partial charge is 0.384 e. The number of imidazole rings is 1. The number of anilines is 1. The molecule has 2 rings (SSSR count). The number of hydrogen-bond donors (Lipinski definition) is 1. The van der Waals surface area contributed by atoms with Gasteiger partial charge in [0.25, 0.3) is 0 Å². The maximum atomic E-state index is 4.35. The summed E-state index contributed by atoms with van der Waals surface area (Å²) in [7, 11) is 0. The lowest BCUT2D eigenvalue weighted by molar-refractivity contribution is 1.15. The van der Waals surface area contributed by atoms with E-state index in [0.717, 1.165) is 23.6 Å². The van der Waals surface area contributed by atoms with E-state index in [-0.39, 0.29) is 0 Å². The molecule has 0 saturated heterocycles. The van der Waals surface area contributed by atoms with Gasteiger partial charge in [0.15, 0.2) is 0 Å². The number of aryl methyl sites for hydroxylation is 1. The van der Waals surface area contributed by atoms with Crippen molar-refractivity contribution in [1.29, 1.82) is 0 Å². The maximum absolute atomic E-state index is 4.35. The number of nitrogens with one attached hydrogen (secondary N) is 1. The van der Waals surface area contributed by atoms with Crippen LogP contribution < -0.4 is 5.32 Å². The van der Waals surface area contributed by atoms with Crippen LogP contribution in [0, 0.1) is 6.92 Å². The fourth-order valence-electron chi connectivity index (χ4n) is 1.43. The monoisotopic (exact) mass is 175 g/mol. The molecule has 13 heavy (non-hydrogen) atoms.